The summed E-state index contributed by atoms with van der Waals surface area (Å²) in [7, 11) is 0. The lowest BCUT2D eigenvalue weighted by Crippen LogP contribution is -2.53. The summed E-state index contributed by atoms with van der Waals surface area (Å²) in [5, 5.41) is 3.39. The number of halogens is 1. The lowest BCUT2D eigenvalue weighted by Gasteiger charge is -2.42. The summed E-state index contributed by atoms with van der Waals surface area (Å²) in [6.07, 6.45) is 10.6. The van der Waals surface area contributed by atoms with E-state index in [1.54, 1.807) is 0 Å². The van der Waals surface area contributed by atoms with Crippen LogP contribution in [0.15, 0.2) is 12.8 Å². The molecule has 1 atom stereocenters. The van der Waals surface area contributed by atoms with Crippen molar-refractivity contribution in [3.05, 3.63) is 12.8 Å². The molecule has 5 nitrogen and oxygen atoms in total. The number of alkyl halides is 1. The maximum absolute atomic E-state index is 15.5. The Kier molecular flexibility index (Phi) is 10.7. The minimum atomic E-state index is -1.01. The zero-order valence-electron chi connectivity index (χ0n) is 20.9. The maximum Gasteiger partial charge on any atom is 0.123 e. The number of hydrogen-bond acceptors (Lipinski definition) is 5. The van der Waals surface area contributed by atoms with E-state index in [-0.39, 0.29) is 6.10 Å². The molecule has 0 aromatic heterocycles. The van der Waals surface area contributed by atoms with Crippen LogP contribution in [0.3, 0.4) is 0 Å². The number of nitrogens with one attached hydrogen (secondary N) is 1. The number of ether oxygens (including phenoxy) is 1. The van der Waals surface area contributed by atoms with Crippen LogP contribution in [0.2, 0.25) is 0 Å². The predicted molar refractivity (Wildman–Crippen MR) is 132 cm³/mol. The maximum atomic E-state index is 15.5. The van der Waals surface area contributed by atoms with Crippen LogP contribution in [0.4, 0.5) is 4.39 Å². The molecule has 0 amide bonds. The third-order valence-corrected chi connectivity index (χ3v) is 7.80. The molecule has 186 valence electrons. The molecule has 0 aromatic rings. The molecule has 0 aromatic carbocycles. The highest BCUT2D eigenvalue weighted by molar-refractivity contribution is 4.91. The largest absolute Gasteiger partial charge is 0.378 e. The molecular formula is C26H49FN4O. The SMILES string of the molecule is C=CN1CCCC(CN2CCN(CC3(F)CCC(OC4CCNCC4)CC3)CC2)C1.CC. The Morgan fingerprint density at radius 2 is 1.56 bits per heavy atom. The fourth-order valence-electron chi connectivity index (χ4n) is 5.91. The molecule has 0 spiro atoms. The van der Waals surface area contributed by atoms with E-state index in [0.717, 1.165) is 84.0 Å². The number of rotatable bonds is 7. The van der Waals surface area contributed by atoms with Gasteiger partial charge in [-0.3, -0.25) is 4.90 Å². The standard InChI is InChI=1S/C24H43FN4O.C2H6/c1-2-27-13-3-4-21(18-27)19-28-14-16-29(17-15-28)20-24(25)9-5-22(6-10-24)30-23-7-11-26-12-8-23;1-2/h2,21-23,26H,1,3-20H2;1-2H3. The second-order valence-corrected chi connectivity index (χ2v) is 10.2. The first kappa shape index (κ1) is 25.9. The Bertz CT molecular complexity index is 526. The quantitative estimate of drug-likeness (QED) is 0.633. The smallest absolute Gasteiger partial charge is 0.123 e. The van der Waals surface area contributed by atoms with Gasteiger partial charge in [0.15, 0.2) is 0 Å². The molecule has 0 radical (unpaired) electrons. The van der Waals surface area contributed by atoms with Gasteiger partial charge in [0.1, 0.15) is 5.67 Å². The van der Waals surface area contributed by atoms with Crippen LogP contribution >= 0.6 is 0 Å². The number of nitrogens with zero attached hydrogens (tertiary/aromatic N) is 3. The summed E-state index contributed by atoms with van der Waals surface area (Å²) in [4.78, 5) is 7.34. The second-order valence-electron chi connectivity index (χ2n) is 10.2. The van der Waals surface area contributed by atoms with Crippen LogP contribution in [-0.4, -0.2) is 98.0 Å². The molecule has 1 saturated carbocycles. The van der Waals surface area contributed by atoms with Gasteiger partial charge >= 0.3 is 0 Å². The van der Waals surface area contributed by atoms with Gasteiger partial charge in [0, 0.05) is 52.4 Å². The first-order chi connectivity index (χ1) is 15.6. The van der Waals surface area contributed by atoms with E-state index in [1.165, 1.54) is 19.4 Å². The van der Waals surface area contributed by atoms with Crippen molar-refractivity contribution in [3.8, 4) is 0 Å². The molecule has 1 N–H and O–H groups in total. The molecule has 4 aliphatic rings. The van der Waals surface area contributed by atoms with Gasteiger partial charge in [-0.2, -0.15) is 0 Å². The van der Waals surface area contributed by atoms with Crippen molar-refractivity contribution < 1.29 is 9.13 Å². The summed E-state index contributed by atoms with van der Waals surface area (Å²) in [5.41, 5.74) is -1.01. The van der Waals surface area contributed by atoms with Gasteiger partial charge in [0.05, 0.1) is 12.2 Å². The Morgan fingerprint density at radius 1 is 0.938 bits per heavy atom. The molecule has 3 heterocycles. The zero-order chi connectivity index (χ0) is 22.8. The van der Waals surface area contributed by atoms with E-state index in [1.807, 2.05) is 20.0 Å². The topological polar surface area (TPSA) is 31.0 Å². The fraction of sp³-hybridized carbons (Fsp3) is 0.923. The highest BCUT2D eigenvalue weighted by Crippen LogP contribution is 2.35. The predicted octanol–water partition coefficient (Wildman–Crippen LogP) is 3.91. The Balaban J connectivity index is 0.00000141. The van der Waals surface area contributed by atoms with Crippen molar-refractivity contribution in [2.24, 2.45) is 5.92 Å². The lowest BCUT2D eigenvalue weighted by atomic mass is 9.84. The first-order valence-electron chi connectivity index (χ1n) is 13.5. The van der Waals surface area contributed by atoms with Crippen LogP contribution in [0, 0.1) is 5.92 Å². The van der Waals surface area contributed by atoms with Crippen molar-refractivity contribution in [1.82, 2.24) is 20.0 Å². The molecule has 6 heteroatoms. The summed E-state index contributed by atoms with van der Waals surface area (Å²) >= 11 is 0. The van der Waals surface area contributed by atoms with E-state index in [4.69, 9.17) is 4.74 Å². The van der Waals surface area contributed by atoms with E-state index in [2.05, 4.69) is 26.6 Å². The second kappa shape index (κ2) is 13.3. The van der Waals surface area contributed by atoms with Crippen LogP contribution in [0.25, 0.3) is 0 Å². The van der Waals surface area contributed by atoms with Gasteiger partial charge < -0.3 is 19.9 Å². The molecule has 0 bridgehead atoms. The average molecular weight is 453 g/mol. The minimum Gasteiger partial charge on any atom is -0.378 e. The molecular weight excluding hydrogens is 403 g/mol. The minimum absolute atomic E-state index is 0.277. The normalized spacial score (nSPS) is 33.4. The zero-order valence-corrected chi connectivity index (χ0v) is 20.9. The molecule has 32 heavy (non-hydrogen) atoms. The summed E-state index contributed by atoms with van der Waals surface area (Å²) in [5.74, 6) is 0.756. The third kappa shape index (κ3) is 7.96. The van der Waals surface area contributed by atoms with Crippen molar-refractivity contribution in [3.63, 3.8) is 0 Å². The van der Waals surface area contributed by atoms with Crippen LogP contribution in [0.5, 0.6) is 0 Å². The number of piperidine rings is 2. The Labute approximate surface area is 196 Å². The van der Waals surface area contributed by atoms with Crippen LogP contribution in [0.1, 0.15) is 65.2 Å². The monoisotopic (exact) mass is 452 g/mol. The Morgan fingerprint density at radius 3 is 2.22 bits per heavy atom. The van der Waals surface area contributed by atoms with Crippen LogP contribution < -0.4 is 5.32 Å². The number of likely N-dealkylation sites (tertiary alicyclic amines) is 1. The molecule has 4 rings (SSSR count). The number of piperazine rings is 1. The molecule has 1 unspecified atom stereocenters. The molecule has 1 aliphatic carbocycles. The molecule has 3 saturated heterocycles. The Hall–Kier alpha value is -0.690. The van der Waals surface area contributed by atoms with E-state index < -0.39 is 5.67 Å². The summed E-state index contributed by atoms with van der Waals surface area (Å²) < 4.78 is 21.8. The van der Waals surface area contributed by atoms with E-state index in [9.17, 15) is 0 Å². The summed E-state index contributed by atoms with van der Waals surface area (Å²) in [6.45, 7) is 18.4. The molecule has 3 aliphatic heterocycles. The highest BCUT2D eigenvalue weighted by Gasteiger charge is 2.38. The fourth-order valence-corrected chi connectivity index (χ4v) is 5.91. The van der Waals surface area contributed by atoms with Gasteiger partial charge in [-0.25, -0.2) is 4.39 Å². The number of hydrogen-bond donors (Lipinski definition) is 1. The van der Waals surface area contributed by atoms with Gasteiger partial charge in [0.25, 0.3) is 0 Å². The lowest BCUT2D eigenvalue weighted by molar-refractivity contribution is -0.0721. The van der Waals surface area contributed by atoms with Crippen molar-refractivity contribution in [2.75, 3.05) is 65.4 Å². The van der Waals surface area contributed by atoms with Crippen molar-refractivity contribution in [1.29, 1.82) is 0 Å². The van der Waals surface area contributed by atoms with Crippen molar-refractivity contribution in [2.45, 2.75) is 83.1 Å². The summed E-state index contributed by atoms with van der Waals surface area (Å²) in [6, 6.07) is 0. The van der Waals surface area contributed by atoms with Crippen LogP contribution in [-0.2, 0) is 4.74 Å². The van der Waals surface area contributed by atoms with Gasteiger partial charge in [-0.15, -0.1) is 0 Å². The first-order valence-corrected chi connectivity index (χ1v) is 13.5. The van der Waals surface area contributed by atoms with Crippen molar-refractivity contribution >= 4 is 0 Å². The highest BCUT2D eigenvalue weighted by atomic mass is 19.1. The van der Waals surface area contributed by atoms with E-state index in [0.29, 0.717) is 25.5 Å². The van der Waals surface area contributed by atoms with Gasteiger partial charge in [0.2, 0.25) is 0 Å². The average Bonchev–Trinajstić information content (AvgIpc) is 2.84. The van der Waals surface area contributed by atoms with E-state index >= 15 is 4.39 Å². The third-order valence-electron chi connectivity index (χ3n) is 7.80. The van der Waals surface area contributed by atoms with Gasteiger partial charge in [-0.1, -0.05) is 20.4 Å². The van der Waals surface area contributed by atoms with Gasteiger partial charge in [-0.05, 0) is 76.6 Å². The molecule has 4 fully saturated rings.